The molecular weight excluding hydrogens is 300 g/mol. The van der Waals surface area contributed by atoms with Crippen LogP contribution >= 0.6 is 0 Å². The third-order valence-corrected chi connectivity index (χ3v) is 4.00. The Hall–Kier alpha value is -1.93. The van der Waals surface area contributed by atoms with Gasteiger partial charge in [0.1, 0.15) is 18.0 Å². The van der Waals surface area contributed by atoms with Crippen LogP contribution in [0.4, 0.5) is 0 Å². The van der Waals surface area contributed by atoms with Gasteiger partial charge in [0, 0.05) is 33.1 Å². The van der Waals surface area contributed by atoms with Gasteiger partial charge in [-0.2, -0.15) is 0 Å². The highest BCUT2D eigenvalue weighted by molar-refractivity contribution is 5.78. The number of amides is 2. The van der Waals surface area contributed by atoms with Crippen molar-refractivity contribution >= 4 is 11.8 Å². The van der Waals surface area contributed by atoms with Crippen LogP contribution in [0, 0.1) is 6.92 Å². The zero-order valence-corrected chi connectivity index (χ0v) is 13.9. The number of methoxy groups -OCH3 is 1. The van der Waals surface area contributed by atoms with Gasteiger partial charge in [-0.05, 0) is 6.92 Å². The molecule has 8 heteroatoms. The quantitative estimate of drug-likeness (QED) is 0.767. The number of imidazole rings is 1. The van der Waals surface area contributed by atoms with Gasteiger partial charge in [-0.25, -0.2) is 4.98 Å². The van der Waals surface area contributed by atoms with Gasteiger partial charge in [-0.3, -0.25) is 9.59 Å². The van der Waals surface area contributed by atoms with Crippen molar-refractivity contribution in [1.29, 1.82) is 0 Å². The van der Waals surface area contributed by atoms with Crippen molar-refractivity contribution in [2.24, 2.45) is 0 Å². The number of carbonyl (C=O) groups excluding carboxylic acids is 2. The number of rotatable bonds is 6. The number of morpholine rings is 1. The van der Waals surface area contributed by atoms with Crippen molar-refractivity contribution in [2.45, 2.75) is 25.5 Å². The lowest BCUT2D eigenvalue weighted by atomic mass is 9.97. The van der Waals surface area contributed by atoms with E-state index in [1.165, 1.54) is 0 Å². The molecule has 1 aromatic rings. The lowest BCUT2D eigenvalue weighted by Crippen LogP contribution is -2.57. The monoisotopic (exact) mass is 324 g/mol. The lowest BCUT2D eigenvalue weighted by molar-refractivity contribution is -0.167. The van der Waals surface area contributed by atoms with Crippen molar-refractivity contribution < 1.29 is 19.1 Å². The van der Waals surface area contributed by atoms with Gasteiger partial charge in [0.25, 0.3) is 0 Å². The Bertz CT molecular complexity index is 555. The van der Waals surface area contributed by atoms with Crippen molar-refractivity contribution in [2.75, 3.05) is 40.5 Å². The second-order valence-electron chi connectivity index (χ2n) is 5.73. The molecule has 0 unspecified atom stereocenters. The number of hydrogen-bond acceptors (Lipinski definition) is 5. The number of hydrogen-bond donors (Lipinski definition) is 1. The Labute approximate surface area is 135 Å². The summed E-state index contributed by atoms with van der Waals surface area (Å²) in [5, 5.41) is 2.59. The number of carbonyl (C=O) groups is 2. The molecule has 0 aliphatic carbocycles. The first-order valence-corrected chi connectivity index (χ1v) is 7.58. The second-order valence-corrected chi connectivity index (χ2v) is 5.73. The first-order valence-electron chi connectivity index (χ1n) is 7.58. The molecule has 0 saturated carbocycles. The molecule has 128 valence electrons. The summed E-state index contributed by atoms with van der Waals surface area (Å²) in [6, 6.07) is 0. The Balaban J connectivity index is 2.06. The Kier molecular flexibility index (Phi) is 5.73. The molecule has 2 heterocycles. The third kappa shape index (κ3) is 4.29. The van der Waals surface area contributed by atoms with Crippen LogP contribution in [0.5, 0.6) is 0 Å². The molecule has 2 amide bonds. The van der Waals surface area contributed by atoms with E-state index in [0.717, 1.165) is 5.82 Å². The summed E-state index contributed by atoms with van der Waals surface area (Å²) in [6.45, 7) is 3.57. The molecule has 1 aromatic heterocycles. The van der Waals surface area contributed by atoms with E-state index < -0.39 is 5.60 Å². The van der Waals surface area contributed by atoms with E-state index in [4.69, 9.17) is 9.47 Å². The van der Waals surface area contributed by atoms with Crippen LogP contribution in [0.3, 0.4) is 0 Å². The highest BCUT2D eigenvalue weighted by Gasteiger charge is 2.40. The standard InChI is InChI=1S/C15H24N4O4/c1-12-17-4-5-18(12)9-14(21)19-6-7-23-15(10-19,11-22-3)8-13(20)16-2/h4-5H,6-11H2,1-3H3,(H,16,20)/t15-/m1/s1. The van der Waals surface area contributed by atoms with E-state index in [0.29, 0.717) is 19.7 Å². The molecule has 0 radical (unpaired) electrons. The highest BCUT2D eigenvalue weighted by Crippen LogP contribution is 2.23. The fourth-order valence-corrected chi connectivity index (χ4v) is 2.76. The summed E-state index contributed by atoms with van der Waals surface area (Å²) in [5.74, 6) is 0.633. The Morgan fingerprint density at radius 3 is 2.91 bits per heavy atom. The van der Waals surface area contributed by atoms with Crippen LogP contribution in [-0.4, -0.2) is 72.3 Å². The maximum absolute atomic E-state index is 12.5. The van der Waals surface area contributed by atoms with Crippen molar-refractivity contribution in [1.82, 2.24) is 19.8 Å². The molecule has 8 nitrogen and oxygen atoms in total. The van der Waals surface area contributed by atoms with E-state index in [9.17, 15) is 9.59 Å². The smallest absolute Gasteiger partial charge is 0.242 e. The Morgan fingerprint density at radius 2 is 2.30 bits per heavy atom. The van der Waals surface area contributed by atoms with E-state index in [-0.39, 0.29) is 31.4 Å². The molecule has 1 aliphatic rings. The number of ether oxygens (including phenoxy) is 2. The predicted molar refractivity (Wildman–Crippen MR) is 82.8 cm³/mol. The highest BCUT2D eigenvalue weighted by atomic mass is 16.5. The summed E-state index contributed by atoms with van der Waals surface area (Å²) in [7, 11) is 3.14. The molecule has 0 aromatic carbocycles. The molecule has 2 rings (SSSR count). The average Bonchev–Trinajstić information content (AvgIpc) is 2.92. The minimum absolute atomic E-state index is 0.0215. The lowest BCUT2D eigenvalue weighted by Gasteiger charge is -2.42. The minimum Gasteiger partial charge on any atom is -0.382 e. The van der Waals surface area contributed by atoms with Crippen molar-refractivity contribution in [3.05, 3.63) is 18.2 Å². The topological polar surface area (TPSA) is 85.7 Å². The molecule has 1 atom stereocenters. The van der Waals surface area contributed by atoms with Crippen LogP contribution in [0.25, 0.3) is 0 Å². The van der Waals surface area contributed by atoms with Gasteiger partial charge in [0.2, 0.25) is 11.8 Å². The molecule has 0 spiro atoms. The van der Waals surface area contributed by atoms with Crippen LogP contribution in [0.2, 0.25) is 0 Å². The maximum atomic E-state index is 12.5. The molecule has 1 fully saturated rings. The Morgan fingerprint density at radius 1 is 1.52 bits per heavy atom. The largest absolute Gasteiger partial charge is 0.382 e. The molecule has 1 aliphatic heterocycles. The molecule has 1 saturated heterocycles. The van der Waals surface area contributed by atoms with Gasteiger partial charge in [0.05, 0.1) is 26.2 Å². The third-order valence-electron chi connectivity index (χ3n) is 4.00. The van der Waals surface area contributed by atoms with Gasteiger partial charge in [-0.15, -0.1) is 0 Å². The van der Waals surface area contributed by atoms with Crippen LogP contribution < -0.4 is 5.32 Å². The van der Waals surface area contributed by atoms with Gasteiger partial charge in [0.15, 0.2) is 0 Å². The molecule has 1 N–H and O–H groups in total. The van der Waals surface area contributed by atoms with Crippen molar-refractivity contribution in [3.8, 4) is 0 Å². The van der Waals surface area contributed by atoms with Gasteiger partial charge < -0.3 is 24.3 Å². The summed E-state index contributed by atoms with van der Waals surface area (Å²) >= 11 is 0. The summed E-state index contributed by atoms with van der Waals surface area (Å²) in [4.78, 5) is 30.2. The van der Waals surface area contributed by atoms with Crippen molar-refractivity contribution in [3.63, 3.8) is 0 Å². The van der Waals surface area contributed by atoms with E-state index >= 15 is 0 Å². The maximum Gasteiger partial charge on any atom is 0.242 e. The number of aryl methyl sites for hydroxylation is 1. The van der Waals surface area contributed by atoms with Crippen LogP contribution in [0.1, 0.15) is 12.2 Å². The van der Waals surface area contributed by atoms with Gasteiger partial charge in [-0.1, -0.05) is 0 Å². The minimum atomic E-state index is -0.799. The molecule has 0 bridgehead atoms. The summed E-state index contributed by atoms with van der Waals surface area (Å²) < 4.78 is 12.8. The van der Waals surface area contributed by atoms with Crippen LogP contribution in [-0.2, 0) is 25.6 Å². The van der Waals surface area contributed by atoms with Crippen LogP contribution in [0.15, 0.2) is 12.4 Å². The molecule has 23 heavy (non-hydrogen) atoms. The first-order chi connectivity index (χ1) is 11.0. The SMILES string of the molecule is CNC(=O)C[C@]1(COC)CN(C(=O)Cn2ccnc2C)CCO1. The predicted octanol–water partition coefficient (Wildman–Crippen LogP) is -0.428. The number of aromatic nitrogens is 2. The second kappa shape index (κ2) is 7.56. The zero-order chi connectivity index (χ0) is 16.9. The first kappa shape index (κ1) is 17.4. The van der Waals surface area contributed by atoms with Gasteiger partial charge >= 0.3 is 0 Å². The molecular formula is C15H24N4O4. The fraction of sp³-hybridized carbons (Fsp3) is 0.667. The van der Waals surface area contributed by atoms with E-state index in [1.807, 2.05) is 6.92 Å². The number of nitrogens with one attached hydrogen (secondary N) is 1. The number of nitrogens with zero attached hydrogens (tertiary/aromatic N) is 3. The normalized spacial score (nSPS) is 21.3. The zero-order valence-electron chi connectivity index (χ0n) is 13.9. The average molecular weight is 324 g/mol. The summed E-state index contributed by atoms with van der Waals surface area (Å²) in [6.07, 6.45) is 3.61. The summed E-state index contributed by atoms with van der Waals surface area (Å²) in [5.41, 5.74) is -0.799. The van der Waals surface area contributed by atoms with E-state index in [2.05, 4.69) is 10.3 Å². The van der Waals surface area contributed by atoms with E-state index in [1.54, 1.807) is 36.0 Å². The fourth-order valence-electron chi connectivity index (χ4n) is 2.76.